The van der Waals surface area contributed by atoms with Crippen molar-refractivity contribution in [2.75, 3.05) is 5.32 Å². The largest absolute Gasteiger partial charge is 0.452 e. The van der Waals surface area contributed by atoms with Gasteiger partial charge in [0, 0.05) is 5.69 Å². The summed E-state index contributed by atoms with van der Waals surface area (Å²) in [5.74, 6) is -0.540. The Hall–Kier alpha value is -1.84. The summed E-state index contributed by atoms with van der Waals surface area (Å²) in [6.45, 7) is 3.67. The number of rotatable bonds is 5. The van der Waals surface area contributed by atoms with Crippen molar-refractivity contribution in [3.05, 3.63) is 29.8 Å². The van der Waals surface area contributed by atoms with E-state index in [0.29, 0.717) is 0 Å². The predicted molar refractivity (Wildman–Crippen MR) is 72.7 cm³/mol. The maximum absolute atomic E-state index is 11.9. The van der Waals surface area contributed by atoms with Crippen LogP contribution in [0.2, 0.25) is 0 Å². The Bertz CT molecular complexity index is 463. The fraction of sp³-hybridized carbons (Fsp3) is 0.467. The molecule has 1 aliphatic carbocycles. The summed E-state index contributed by atoms with van der Waals surface area (Å²) in [5, 5.41) is 2.74. The number of hydrogen-bond acceptors (Lipinski definition) is 3. The molecule has 1 fully saturated rings. The second-order valence-electron chi connectivity index (χ2n) is 4.89. The summed E-state index contributed by atoms with van der Waals surface area (Å²) in [6, 6.07) is 7.64. The van der Waals surface area contributed by atoms with Crippen LogP contribution in [0.1, 0.15) is 32.3 Å². The molecule has 4 heteroatoms. The molecule has 0 heterocycles. The molecule has 1 amide bonds. The Morgan fingerprint density at radius 3 is 2.47 bits per heavy atom. The van der Waals surface area contributed by atoms with Crippen molar-refractivity contribution in [1.82, 2.24) is 0 Å². The fourth-order valence-corrected chi connectivity index (χ4v) is 1.71. The summed E-state index contributed by atoms with van der Waals surface area (Å²) in [5.41, 5.74) is 1.93. The van der Waals surface area contributed by atoms with E-state index in [1.807, 2.05) is 24.3 Å². The number of anilines is 1. The highest BCUT2D eigenvalue weighted by molar-refractivity contribution is 5.95. The van der Waals surface area contributed by atoms with Gasteiger partial charge in [-0.05, 0) is 43.9 Å². The number of esters is 1. The third-order valence-electron chi connectivity index (χ3n) is 3.20. The minimum absolute atomic E-state index is 0.0130. The Morgan fingerprint density at radius 2 is 1.95 bits per heavy atom. The maximum atomic E-state index is 11.9. The van der Waals surface area contributed by atoms with E-state index in [2.05, 4.69) is 12.2 Å². The molecule has 2 rings (SSSR count). The quantitative estimate of drug-likeness (QED) is 0.829. The number of carbonyl (C=O) groups excluding carboxylic acids is 2. The number of ether oxygens (including phenoxy) is 1. The van der Waals surface area contributed by atoms with Crippen LogP contribution in [-0.2, 0) is 20.7 Å². The topological polar surface area (TPSA) is 55.4 Å². The molecule has 0 saturated heterocycles. The van der Waals surface area contributed by atoms with E-state index in [1.54, 1.807) is 6.92 Å². The van der Waals surface area contributed by atoms with Gasteiger partial charge in [-0.3, -0.25) is 9.59 Å². The molecule has 19 heavy (non-hydrogen) atoms. The van der Waals surface area contributed by atoms with Crippen LogP contribution in [0, 0.1) is 5.92 Å². The summed E-state index contributed by atoms with van der Waals surface area (Å²) >= 11 is 0. The summed E-state index contributed by atoms with van der Waals surface area (Å²) in [7, 11) is 0. The second kappa shape index (κ2) is 5.87. The zero-order chi connectivity index (χ0) is 13.8. The maximum Gasteiger partial charge on any atom is 0.309 e. The van der Waals surface area contributed by atoms with Crippen molar-refractivity contribution in [2.24, 2.45) is 5.92 Å². The van der Waals surface area contributed by atoms with Crippen LogP contribution < -0.4 is 5.32 Å². The van der Waals surface area contributed by atoms with Crippen molar-refractivity contribution in [1.29, 1.82) is 0 Å². The summed E-state index contributed by atoms with van der Waals surface area (Å²) < 4.78 is 5.10. The summed E-state index contributed by atoms with van der Waals surface area (Å²) in [6.07, 6.45) is 1.97. The Balaban J connectivity index is 1.86. The minimum atomic E-state index is -0.751. The first-order chi connectivity index (χ1) is 9.10. The van der Waals surface area contributed by atoms with Crippen LogP contribution >= 0.6 is 0 Å². The number of carbonyl (C=O) groups is 2. The third-order valence-corrected chi connectivity index (χ3v) is 3.20. The number of hydrogen-bond donors (Lipinski definition) is 1. The molecule has 1 atom stereocenters. The van der Waals surface area contributed by atoms with Gasteiger partial charge >= 0.3 is 5.97 Å². The van der Waals surface area contributed by atoms with Crippen LogP contribution in [0.3, 0.4) is 0 Å². The minimum Gasteiger partial charge on any atom is -0.452 e. The molecule has 0 unspecified atom stereocenters. The van der Waals surface area contributed by atoms with E-state index in [4.69, 9.17) is 4.74 Å². The average molecular weight is 261 g/mol. The normalized spacial score (nSPS) is 15.7. The first-order valence-electron chi connectivity index (χ1n) is 6.70. The van der Waals surface area contributed by atoms with Crippen molar-refractivity contribution in [3.63, 3.8) is 0 Å². The van der Waals surface area contributed by atoms with Gasteiger partial charge in [0.05, 0.1) is 5.92 Å². The smallest absolute Gasteiger partial charge is 0.309 e. The molecular weight excluding hydrogens is 242 g/mol. The van der Waals surface area contributed by atoms with E-state index >= 15 is 0 Å². The molecular formula is C15H19NO3. The van der Waals surface area contributed by atoms with Crippen LogP contribution in [0.25, 0.3) is 0 Å². The lowest BCUT2D eigenvalue weighted by molar-refractivity contribution is -0.154. The SMILES string of the molecule is CCc1ccc(NC(=O)[C@H](C)OC(=O)C2CC2)cc1. The molecule has 0 bridgehead atoms. The average Bonchev–Trinajstić information content (AvgIpc) is 3.23. The lowest BCUT2D eigenvalue weighted by Crippen LogP contribution is -2.30. The highest BCUT2D eigenvalue weighted by Gasteiger charge is 2.33. The van der Waals surface area contributed by atoms with Gasteiger partial charge in [-0.1, -0.05) is 19.1 Å². The van der Waals surface area contributed by atoms with Gasteiger partial charge in [-0.15, -0.1) is 0 Å². The zero-order valence-corrected chi connectivity index (χ0v) is 11.3. The first kappa shape index (κ1) is 13.6. The second-order valence-corrected chi connectivity index (χ2v) is 4.89. The third kappa shape index (κ3) is 3.81. The predicted octanol–water partition coefficient (Wildman–Crippen LogP) is 2.53. The van der Waals surface area contributed by atoms with Crippen molar-refractivity contribution < 1.29 is 14.3 Å². The van der Waals surface area contributed by atoms with E-state index in [9.17, 15) is 9.59 Å². The highest BCUT2D eigenvalue weighted by Crippen LogP contribution is 2.30. The number of amides is 1. The van der Waals surface area contributed by atoms with Crippen LogP contribution in [0.15, 0.2) is 24.3 Å². The van der Waals surface area contributed by atoms with Crippen LogP contribution in [-0.4, -0.2) is 18.0 Å². The molecule has 102 valence electrons. The lowest BCUT2D eigenvalue weighted by Gasteiger charge is -2.13. The Labute approximate surface area is 113 Å². The zero-order valence-electron chi connectivity index (χ0n) is 11.3. The Kier molecular flexibility index (Phi) is 4.20. The fourth-order valence-electron chi connectivity index (χ4n) is 1.71. The van der Waals surface area contributed by atoms with Crippen molar-refractivity contribution in [2.45, 2.75) is 39.2 Å². The molecule has 0 aromatic heterocycles. The first-order valence-corrected chi connectivity index (χ1v) is 6.70. The summed E-state index contributed by atoms with van der Waals surface area (Å²) in [4.78, 5) is 23.3. The molecule has 0 radical (unpaired) electrons. The van der Waals surface area contributed by atoms with Gasteiger partial charge in [-0.25, -0.2) is 0 Å². The van der Waals surface area contributed by atoms with Crippen LogP contribution in [0.5, 0.6) is 0 Å². The van der Waals surface area contributed by atoms with E-state index < -0.39 is 6.10 Å². The van der Waals surface area contributed by atoms with Gasteiger partial charge in [0.1, 0.15) is 0 Å². The van der Waals surface area contributed by atoms with Gasteiger partial charge < -0.3 is 10.1 Å². The molecule has 1 saturated carbocycles. The van der Waals surface area contributed by atoms with Crippen molar-refractivity contribution in [3.8, 4) is 0 Å². The van der Waals surface area contributed by atoms with Gasteiger partial charge in [0.2, 0.25) is 0 Å². The standard InChI is InChI=1S/C15H19NO3/c1-3-11-4-8-13(9-5-11)16-14(17)10(2)19-15(18)12-6-7-12/h4-5,8-10,12H,3,6-7H2,1-2H3,(H,16,17)/t10-/m0/s1. The van der Waals surface area contributed by atoms with Gasteiger partial charge in [0.25, 0.3) is 5.91 Å². The molecule has 0 spiro atoms. The van der Waals surface area contributed by atoms with Gasteiger partial charge in [0.15, 0.2) is 6.10 Å². The number of nitrogens with one attached hydrogen (secondary N) is 1. The number of benzene rings is 1. The lowest BCUT2D eigenvalue weighted by atomic mass is 10.1. The van der Waals surface area contributed by atoms with Gasteiger partial charge in [-0.2, -0.15) is 0 Å². The van der Waals surface area contributed by atoms with Crippen molar-refractivity contribution >= 4 is 17.6 Å². The number of aryl methyl sites for hydroxylation is 1. The Morgan fingerprint density at radius 1 is 1.32 bits per heavy atom. The molecule has 0 aliphatic heterocycles. The van der Waals surface area contributed by atoms with Crippen LogP contribution in [0.4, 0.5) is 5.69 Å². The molecule has 1 aromatic carbocycles. The molecule has 1 aromatic rings. The van der Waals surface area contributed by atoms with E-state index in [-0.39, 0.29) is 17.8 Å². The van der Waals surface area contributed by atoms with E-state index in [1.165, 1.54) is 5.56 Å². The molecule has 4 nitrogen and oxygen atoms in total. The molecule has 1 N–H and O–H groups in total. The van der Waals surface area contributed by atoms with E-state index in [0.717, 1.165) is 24.9 Å². The highest BCUT2D eigenvalue weighted by atomic mass is 16.5. The molecule has 1 aliphatic rings. The monoisotopic (exact) mass is 261 g/mol.